The summed E-state index contributed by atoms with van der Waals surface area (Å²) in [5, 5.41) is 3.92. The maximum atomic E-state index is 13.0. The Morgan fingerprint density at radius 1 is 1.30 bits per heavy atom. The fourth-order valence-corrected chi connectivity index (χ4v) is 4.22. The van der Waals surface area contributed by atoms with E-state index in [9.17, 15) is 9.59 Å². The van der Waals surface area contributed by atoms with Crippen LogP contribution in [0.1, 0.15) is 50.4 Å². The second kappa shape index (κ2) is 10.7. The Hall–Kier alpha value is -3.13. The molecule has 0 aliphatic heterocycles. The molecule has 0 radical (unpaired) electrons. The molecule has 2 N–H and O–H groups in total. The first-order chi connectivity index (χ1) is 16.0. The van der Waals surface area contributed by atoms with Crippen molar-refractivity contribution in [3.63, 3.8) is 0 Å². The van der Waals surface area contributed by atoms with Crippen LogP contribution in [0.4, 0.5) is 4.79 Å². The zero-order chi connectivity index (χ0) is 23.2. The van der Waals surface area contributed by atoms with E-state index in [0.717, 1.165) is 24.8 Å². The highest BCUT2D eigenvalue weighted by molar-refractivity contribution is 6.31. The molecule has 3 aromatic rings. The summed E-state index contributed by atoms with van der Waals surface area (Å²) in [5.41, 5.74) is 1.08. The first kappa shape index (κ1) is 23.0. The van der Waals surface area contributed by atoms with E-state index in [0.29, 0.717) is 40.7 Å². The van der Waals surface area contributed by atoms with Gasteiger partial charge in [0.15, 0.2) is 0 Å². The van der Waals surface area contributed by atoms with Crippen molar-refractivity contribution in [2.24, 2.45) is 0 Å². The van der Waals surface area contributed by atoms with Crippen LogP contribution in [0.2, 0.25) is 5.02 Å². The van der Waals surface area contributed by atoms with Gasteiger partial charge in [0.05, 0.1) is 17.4 Å². The number of H-pyrrole nitrogens is 1. The lowest BCUT2D eigenvalue weighted by Gasteiger charge is -2.22. The number of nitrogens with zero attached hydrogens (tertiary/aromatic N) is 3. The molecular weight excluding hydrogens is 442 g/mol. The number of urea groups is 1. The lowest BCUT2D eigenvalue weighted by atomic mass is 10.2. The second-order valence-electron chi connectivity index (χ2n) is 8.25. The van der Waals surface area contributed by atoms with Crippen LogP contribution >= 0.6 is 11.6 Å². The third-order valence-electron chi connectivity index (χ3n) is 5.70. The van der Waals surface area contributed by atoms with Gasteiger partial charge in [-0.2, -0.15) is 0 Å². The molecular formula is C24H28ClN5O3. The second-order valence-corrected chi connectivity index (χ2v) is 8.68. The van der Waals surface area contributed by atoms with Gasteiger partial charge in [-0.3, -0.25) is 4.79 Å². The predicted molar refractivity (Wildman–Crippen MR) is 127 cm³/mol. The average Bonchev–Trinajstić information content (AvgIpc) is 3.31. The van der Waals surface area contributed by atoms with E-state index >= 15 is 0 Å². The van der Waals surface area contributed by atoms with Gasteiger partial charge >= 0.3 is 6.03 Å². The van der Waals surface area contributed by atoms with Gasteiger partial charge in [0, 0.05) is 29.9 Å². The zero-order valence-corrected chi connectivity index (χ0v) is 19.4. The van der Waals surface area contributed by atoms with Gasteiger partial charge in [0.25, 0.3) is 5.56 Å². The maximum absolute atomic E-state index is 13.0. The summed E-state index contributed by atoms with van der Waals surface area (Å²) in [7, 11) is 0. The Morgan fingerprint density at radius 2 is 2.12 bits per heavy atom. The highest BCUT2D eigenvalue weighted by atomic mass is 35.5. The third-order valence-corrected chi connectivity index (χ3v) is 5.93. The number of pyridine rings is 1. The fraction of sp³-hybridized carbons (Fsp3) is 0.417. The molecule has 33 heavy (non-hydrogen) atoms. The largest absolute Gasteiger partial charge is 0.474 e. The molecule has 8 nitrogen and oxygen atoms in total. The molecule has 1 aliphatic carbocycles. The van der Waals surface area contributed by atoms with Crippen LogP contribution in [0, 0.1) is 0 Å². The van der Waals surface area contributed by atoms with E-state index in [1.807, 2.05) is 19.1 Å². The Bertz CT molecular complexity index is 1180. The number of rotatable bonds is 8. The Labute approximate surface area is 197 Å². The molecule has 1 aliphatic rings. The van der Waals surface area contributed by atoms with Crippen LogP contribution in [-0.2, 0) is 13.1 Å². The number of ether oxygens (including phenoxy) is 1. The highest BCUT2D eigenvalue weighted by Crippen LogP contribution is 2.25. The van der Waals surface area contributed by atoms with E-state index < -0.39 is 0 Å². The number of amides is 2. The summed E-state index contributed by atoms with van der Waals surface area (Å²) in [6.45, 7) is 2.98. The van der Waals surface area contributed by atoms with Crippen molar-refractivity contribution < 1.29 is 9.53 Å². The van der Waals surface area contributed by atoms with Crippen molar-refractivity contribution in [1.29, 1.82) is 0 Å². The quantitative estimate of drug-likeness (QED) is 0.508. The van der Waals surface area contributed by atoms with Crippen molar-refractivity contribution in [2.75, 3.05) is 6.54 Å². The molecule has 174 valence electrons. The van der Waals surface area contributed by atoms with Crippen LogP contribution in [0.15, 0.2) is 41.3 Å². The van der Waals surface area contributed by atoms with Gasteiger partial charge in [-0.15, -0.1) is 0 Å². The molecule has 0 atom stereocenters. The molecule has 0 spiro atoms. The van der Waals surface area contributed by atoms with Crippen molar-refractivity contribution >= 4 is 28.5 Å². The van der Waals surface area contributed by atoms with Crippen molar-refractivity contribution in [3.05, 3.63) is 63.3 Å². The lowest BCUT2D eigenvalue weighted by molar-refractivity contribution is 0.190. The van der Waals surface area contributed by atoms with E-state index in [1.54, 1.807) is 29.3 Å². The van der Waals surface area contributed by atoms with Crippen molar-refractivity contribution in [1.82, 2.24) is 25.2 Å². The number of aromatic nitrogens is 3. The summed E-state index contributed by atoms with van der Waals surface area (Å²) in [5.74, 6) is 0.981. The summed E-state index contributed by atoms with van der Waals surface area (Å²) in [6, 6.07) is 8.44. The van der Waals surface area contributed by atoms with E-state index in [2.05, 4.69) is 20.3 Å². The van der Waals surface area contributed by atoms with Crippen LogP contribution < -0.4 is 15.6 Å². The van der Waals surface area contributed by atoms with Crippen LogP contribution in [0.25, 0.3) is 10.9 Å². The number of hydrogen-bond acceptors (Lipinski definition) is 5. The minimum Gasteiger partial charge on any atom is -0.474 e. The van der Waals surface area contributed by atoms with Crippen LogP contribution in [-0.4, -0.2) is 38.5 Å². The first-order valence-corrected chi connectivity index (χ1v) is 11.7. The molecule has 2 aromatic heterocycles. The summed E-state index contributed by atoms with van der Waals surface area (Å²) < 4.78 is 6.07. The number of benzene rings is 1. The number of halogens is 1. The number of carbonyl (C=O) groups excluding carboxylic acids is 1. The molecule has 4 rings (SSSR count). The lowest BCUT2D eigenvalue weighted by Crippen LogP contribution is -2.40. The van der Waals surface area contributed by atoms with E-state index in [-0.39, 0.29) is 24.2 Å². The van der Waals surface area contributed by atoms with Gasteiger partial charge in [0.2, 0.25) is 5.88 Å². The Balaban J connectivity index is 1.45. The highest BCUT2D eigenvalue weighted by Gasteiger charge is 2.20. The summed E-state index contributed by atoms with van der Waals surface area (Å²) in [4.78, 5) is 38.7. The first-order valence-electron chi connectivity index (χ1n) is 11.3. The molecule has 0 saturated heterocycles. The Kier molecular flexibility index (Phi) is 7.44. The third kappa shape index (κ3) is 5.82. The predicted octanol–water partition coefficient (Wildman–Crippen LogP) is 4.41. The molecule has 2 amide bonds. The van der Waals surface area contributed by atoms with Gasteiger partial charge in [-0.25, -0.2) is 14.8 Å². The zero-order valence-electron chi connectivity index (χ0n) is 18.6. The van der Waals surface area contributed by atoms with Gasteiger partial charge in [0.1, 0.15) is 11.9 Å². The standard InChI is InChI=1S/C24H28ClN5O3/c1-2-12-30(15-21-28-20-13-17(25)9-10-19(20)22(31)29-21)24(32)27-14-16-6-5-11-26-23(16)33-18-7-3-4-8-18/h5-6,9-11,13,18H,2-4,7-8,12,14-15H2,1H3,(H,27,32)(H,28,29,31). The number of aromatic amines is 1. The summed E-state index contributed by atoms with van der Waals surface area (Å²) >= 11 is 6.05. The smallest absolute Gasteiger partial charge is 0.318 e. The minimum atomic E-state index is -0.257. The molecule has 0 unspecified atom stereocenters. The van der Waals surface area contributed by atoms with Gasteiger partial charge in [-0.1, -0.05) is 24.6 Å². The van der Waals surface area contributed by atoms with Gasteiger partial charge < -0.3 is 19.9 Å². The molecule has 9 heteroatoms. The molecule has 2 heterocycles. The van der Waals surface area contributed by atoms with Crippen molar-refractivity contribution in [2.45, 2.75) is 58.2 Å². The number of fused-ring (bicyclic) bond motifs is 1. The topological polar surface area (TPSA) is 100 Å². The molecule has 0 bridgehead atoms. The summed E-state index contributed by atoms with van der Waals surface area (Å²) in [6.07, 6.45) is 7.07. The molecule has 1 fully saturated rings. The van der Waals surface area contributed by atoms with Crippen molar-refractivity contribution in [3.8, 4) is 5.88 Å². The van der Waals surface area contributed by atoms with Gasteiger partial charge in [-0.05, 0) is 56.4 Å². The van der Waals surface area contributed by atoms with E-state index in [1.165, 1.54) is 12.8 Å². The maximum Gasteiger partial charge on any atom is 0.318 e. The number of hydrogen-bond donors (Lipinski definition) is 2. The normalized spacial score (nSPS) is 13.9. The SMILES string of the molecule is CCCN(Cc1nc2cc(Cl)ccc2c(=O)[nH]1)C(=O)NCc1cccnc1OC1CCCC1. The monoisotopic (exact) mass is 469 g/mol. The molecule has 1 saturated carbocycles. The Morgan fingerprint density at radius 3 is 2.91 bits per heavy atom. The minimum absolute atomic E-state index is 0.176. The number of nitrogens with one attached hydrogen (secondary N) is 2. The molecule has 1 aromatic carbocycles. The van der Waals surface area contributed by atoms with Crippen LogP contribution in [0.5, 0.6) is 5.88 Å². The van der Waals surface area contributed by atoms with E-state index in [4.69, 9.17) is 16.3 Å². The fourth-order valence-electron chi connectivity index (χ4n) is 4.05. The average molecular weight is 470 g/mol. The number of carbonyl (C=O) groups is 1. The van der Waals surface area contributed by atoms with Crippen LogP contribution in [0.3, 0.4) is 0 Å².